The fourth-order valence-corrected chi connectivity index (χ4v) is 1.40. The first-order valence-electron chi connectivity index (χ1n) is 3.14. The first-order valence-corrected chi connectivity index (χ1v) is 4.08. The number of hydrogen-bond donors (Lipinski definition) is 1. The maximum Gasteiger partial charge on any atom is 0.325 e. The van der Waals surface area contributed by atoms with E-state index < -0.39 is 0 Å². The van der Waals surface area contributed by atoms with Gasteiger partial charge in [-0.2, -0.15) is 0 Å². The summed E-state index contributed by atoms with van der Waals surface area (Å²) in [5.41, 5.74) is 5.46. The molecule has 0 bridgehead atoms. The standard InChI is InChI=1S/C6H10N2O2S/c1-10-5(9)4-8-2-3-11-6(8)7/h2-3,6H,4,7H2,1H3. The molecular formula is C6H10N2O2S. The molecule has 5 heteroatoms. The number of ether oxygens (including phenoxy) is 1. The first kappa shape index (κ1) is 8.42. The molecule has 0 aliphatic carbocycles. The summed E-state index contributed by atoms with van der Waals surface area (Å²) in [5.74, 6) is -0.271. The Morgan fingerprint density at radius 2 is 2.64 bits per heavy atom. The highest BCUT2D eigenvalue weighted by atomic mass is 32.2. The van der Waals surface area contributed by atoms with Gasteiger partial charge in [0.1, 0.15) is 12.0 Å². The minimum absolute atomic E-state index is 0.144. The van der Waals surface area contributed by atoms with Crippen molar-refractivity contribution in [2.75, 3.05) is 13.7 Å². The third kappa shape index (κ3) is 2.13. The first-order chi connectivity index (χ1) is 5.24. The Morgan fingerprint density at radius 1 is 1.91 bits per heavy atom. The second-order valence-corrected chi connectivity index (χ2v) is 3.09. The number of nitrogens with zero attached hydrogens (tertiary/aromatic N) is 1. The highest BCUT2D eigenvalue weighted by molar-refractivity contribution is 8.02. The normalized spacial score (nSPS) is 22.4. The predicted molar refractivity (Wildman–Crippen MR) is 43.4 cm³/mol. The number of thioether (sulfide) groups is 1. The topological polar surface area (TPSA) is 55.6 Å². The van der Waals surface area contributed by atoms with Gasteiger partial charge in [0.05, 0.1) is 7.11 Å². The van der Waals surface area contributed by atoms with Gasteiger partial charge in [-0.15, -0.1) is 0 Å². The fraction of sp³-hybridized carbons (Fsp3) is 0.500. The van der Waals surface area contributed by atoms with Crippen LogP contribution in [0.4, 0.5) is 0 Å². The molecule has 1 rings (SSSR count). The summed E-state index contributed by atoms with van der Waals surface area (Å²) in [5, 5.41) is 1.85. The van der Waals surface area contributed by atoms with Crippen molar-refractivity contribution in [2.24, 2.45) is 5.73 Å². The molecule has 1 aliphatic rings. The number of esters is 1. The zero-order valence-electron chi connectivity index (χ0n) is 6.19. The molecule has 0 spiro atoms. The molecule has 0 aromatic heterocycles. The molecule has 2 N–H and O–H groups in total. The van der Waals surface area contributed by atoms with Gasteiger partial charge in [-0.25, -0.2) is 0 Å². The number of carbonyl (C=O) groups is 1. The van der Waals surface area contributed by atoms with Crippen LogP contribution in [0.2, 0.25) is 0 Å². The molecule has 62 valence electrons. The van der Waals surface area contributed by atoms with E-state index in [0.717, 1.165) is 0 Å². The minimum Gasteiger partial charge on any atom is -0.468 e. The van der Waals surface area contributed by atoms with Crippen LogP contribution in [0.15, 0.2) is 11.6 Å². The summed E-state index contributed by atoms with van der Waals surface area (Å²) >= 11 is 1.47. The molecule has 0 aromatic rings. The van der Waals surface area contributed by atoms with E-state index in [1.54, 1.807) is 11.1 Å². The minimum atomic E-state index is -0.271. The lowest BCUT2D eigenvalue weighted by Crippen LogP contribution is -2.36. The molecule has 0 aromatic carbocycles. The monoisotopic (exact) mass is 174 g/mol. The molecule has 0 saturated carbocycles. The molecule has 1 atom stereocenters. The molecule has 0 saturated heterocycles. The van der Waals surface area contributed by atoms with Crippen molar-refractivity contribution >= 4 is 17.7 Å². The summed E-state index contributed by atoms with van der Waals surface area (Å²) in [7, 11) is 1.36. The largest absolute Gasteiger partial charge is 0.468 e. The highest BCUT2D eigenvalue weighted by Gasteiger charge is 2.17. The van der Waals surface area contributed by atoms with Gasteiger partial charge in [0, 0.05) is 6.20 Å². The molecule has 0 fully saturated rings. The van der Waals surface area contributed by atoms with E-state index in [-0.39, 0.29) is 18.0 Å². The van der Waals surface area contributed by atoms with Crippen LogP contribution in [0.3, 0.4) is 0 Å². The number of nitrogens with two attached hydrogens (primary N) is 1. The Balaban J connectivity index is 2.36. The molecule has 1 heterocycles. The second-order valence-electron chi connectivity index (χ2n) is 2.06. The van der Waals surface area contributed by atoms with Gasteiger partial charge in [0.25, 0.3) is 0 Å². The van der Waals surface area contributed by atoms with Crippen LogP contribution in [-0.2, 0) is 9.53 Å². The zero-order valence-corrected chi connectivity index (χ0v) is 7.00. The van der Waals surface area contributed by atoms with Crippen molar-refractivity contribution in [3.05, 3.63) is 11.6 Å². The van der Waals surface area contributed by atoms with Gasteiger partial charge in [-0.3, -0.25) is 4.79 Å². The Morgan fingerprint density at radius 3 is 3.09 bits per heavy atom. The predicted octanol–water partition coefficient (Wildman–Crippen LogP) is -0.0783. The van der Waals surface area contributed by atoms with Gasteiger partial charge in [-0.1, -0.05) is 11.8 Å². The maximum atomic E-state index is 10.8. The number of hydrogen-bond acceptors (Lipinski definition) is 5. The average Bonchev–Trinajstić information content (AvgIpc) is 2.37. The zero-order chi connectivity index (χ0) is 8.27. The van der Waals surface area contributed by atoms with E-state index >= 15 is 0 Å². The number of carbonyl (C=O) groups excluding carboxylic acids is 1. The molecule has 1 unspecified atom stereocenters. The number of rotatable bonds is 2. The summed E-state index contributed by atoms with van der Waals surface area (Å²) in [6.07, 6.45) is 1.78. The summed E-state index contributed by atoms with van der Waals surface area (Å²) in [6, 6.07) is 0. The van der Waals surface area contributed by atoms with E-state index in [2.05, 4.69) is 4.74 Å². The molecule has 1 aliphatic heterocycles. The van der Waals surface area contributed by atoms with Crippen LogP contribution in [0.1, 0.15) is 0 Å². The van der Waals surface area contributed by atoms with Crippen LogP contribution in [0.25, 0.3) is 0 Å². The van der Waals surface area contributed by atoms with E-state index in [1.165, 1.54) is 18.9 Å². The Bertz CT molecular complexity index is 183. The second kappa shape index (κ2) is 3.64. The molecule has 0 radical (unpaired) electrons. The maximum absolute atomic E-state index is 10.8. The lowest BCUT2D eigenvalue weighted by molar-refractivity contribution is -0.141. The number of methoxy groups -OCH3 is 1. The van der Waals surface area contributed by atoms with E-state index in [0.29, 0.717) is 0 Å². The van der Waals surface area contributed by atoms with Crippen molar-refractivity contribution < 1.29 is 9.53 Å². The fourth-order valence-electron chi connectivity index (χ4n) is 0.713. The summed E-state index contributed by atoms with van der Waals surface area (Å²) in [6.45, 7) is 0.223. The van der Waals surface area contributed by atoms with Crippen molar-refractivity contribution in [3.63, 3.8) is 0 Å². The third-order valence-electron chi connectivity index (χ3n) is 1.34. The molecule has 4 nitrogen and oxygen atoms in total. The Labute approximate surface area is 69.4 Å². The van der Waals surface area contributed by atoms with Crippen molar-refractivity contribution in [3.8, 4) is 0 Å². The van der Waals surface area contributed by atoms with Gasteiger partial charge in [0.2, 0.25) is 0 Å². The van der Waals surface area contributed by atoms with Crippen molar-refractivity contribution in [2.45, 2.75) is 5.50 Å². The summed E-state index contributed by atoms with van der Waals surface area (Å²) in [4.78, 5) is 12.5. The van der Waals surface area contributed by atoms with E-state index in [4.69, 9.17) is 5.73 Å². The third-order valence-corrected chi connectivity index (χ3v) is 2.17. The van der Waals surface area contributed by atoms with Gasteiger partial charge < -0.3 is 15.4 Å². The van der Waals surface area contributed by atoms with Crippen LogP contribution >= 0.6 is 11.8 Å². The van der Waals surface area contributed by atoms with Crippen LogP contribution < -0.4 is 5.73 Å². The smallest absolute Gasteiger partial charge is 0.325 e. The molecule has 11 heavy (non-hydrogen) atoms. The molecule has 0 amide bonds. The van der Waals surface area contributed by atoms with Crippen LogP contribution in [-0.4, -0.2) is 30.0 Å². The summed E-state index contributed by atoms with van der Waals surface area (Å²) < 4.78 is 4.48. The van der Waals surface area contributed by atoms with E-state index in [9.17, 15) is 4.79 Å². The molecular weight excluding hydrogens is 164 g/mol. The van der Waals surface area contributed by atoms with Gasteiger partial charge >= 0.3 is 5.97 Å². The van der Waals surface area contributed by atoms with Crippen molar-refractivity contribution in [1.29, 1.82) is 0 Å². The Hall–Kier alpha value is -0.680. The Kier molecular flexibility index (Phi) is 2.78. The van der Waals surface area contributed by atoms with Gasteiger partial charge in [-0.05, 0) is 5.41 Å². The van der Waals surface area contributed by atoms with E-state index in [1.807, 2.05) is 5.41 Å². The van der Waals surface area contributed by atoms with Crippen LogP contribution in [0.5, 0.6) is 0 Å². The average molecular weight is 174 g/mol. The SMILES string of the molecule is COC(=O)CN1C=CSC1N. The van der Waals surface area contributed by atoms with Crippen molar-refractivity contribution in [1.82, 2.24) is 4.90 Å². The van der Waals surface area contributed by atoms with Crippen LogP contribution in [0, 0.1) is 0 Å². The highest BCUT2D eigenvalue weighted by Crippen LogP contribution is 2.19. The lowest BCUT2D eigenvalue weighted by atomic mass is 10.6. The quantitative estimate of drug-likeness (QED) is 0.593. The van der Waals surface area contributed by atoms with Gasteiger partial charge in [0.15, 0.2) is 0 Å². The lowest BCUT2D eigenvalue weighted by Gasteiger charge is -2.18.